The Morgan fingerprint density at radius 2 is 1.76 bits per heavy atom. The van der Waals surface area contributed by atoms with Gasteiger partial charge in [0.2, 0.25) is 0 Å². The molecule has 0 atom stereocenters. The van der Waals surface area contributed by atoms with Crippen LogP contribution in [0.3, 0.4) is 0 Å². The minimum atomic E-state index is -4.95. The Labute approximate surface area is 209 Å². The van der Waals surface area contributed by atoms with Gasteiger partial charge in [-0.3, -0.25) is 4.79 Å². The van der Waals surface area contributed by atoms with Crippen LogP contribution in [0, 0.1) is 12.7 Å². The molecule has 0 unspecified atom stereocenters. The van der Waals surface area contributed by atoms with Gasteiger partial charge in [0.05, 0.1) is 10.6 Å². The first-order valence-corrected chi connectivity index (χ1v) is 12.9. The number of rotatable bonds is 6. The highest BCUT2D eigenvalue weighted by Gasteiger charge is 2.39. The predicted octanol–water partition coefficient (Wildman–Crippen LogP) is 4.62. The number of carbonyl (C=O) groups is 1. The minimum Gasteiger partial charge on any atom is -0.414 e. The first-order chi connectivity index (χ1) is 17.2. The van der Waals surface area contributed by atoms with Crippen LogP contribution in [-0.2, 0) is 21.4 Å². The van der Waals surface area contributed by atoms with E-state index in [2.05, 4.69) is 25.7 Å². The summed E-state index contributed by atoms with van der Waals surface area (Å²) in [4.78, 5) is 13.0. The predicted molar refractivity (Wildman–Crippen MR) is 123 cm³/mol. The summed E-state index contributed by atoms with van der Waals surface area (Å²) >= 11 is 0. The number of nitrogens with one attached hydrogen (secondary N) is 1. The Kier molecular flexibility index (Phi) is 6.65. The van der Waals surface area contributed by atoms with Crippen molar-refractivity contribution in [1.29, 1.82) is 0 Å². The highest BCUT2D eigenvalue weighted by molar-refractivity contribution is 7.90. The quantitative estimate of drug-likeness (QED) is 0.450. The van der Waals surface area contributed by atoms with Crippen molar-refractivity contribution in [3.63, 3.8) is 0 Å². The molecule has 1 amide bonds. The van der Waals surface area contributed by atoms with Crippen LogP contribution in [0.1, 0.15) is 53.5 Å². The first kappa shape index (κ1) is 26.4. The second-order valence-corrected chi connectivity index (χ2v) is 11.0. The molecule has 0 radical (unpaired) electrons. The van der Waals surface area contributed by atoms with Crippen LogP contribution in [0.5, 0.6) is 11.8 Å². The molecule has 0 aliphatic heterocycles. The lowest BCUT2D eigenvalue weighted by Crippen LogP contribution is -2.31. The standard InChI is InChI=1S/C23H21F4N5O4S/c1-12-17(19(33)28-13-6-4-7-14(10-13)37(3,34)35)21(32-30-18(12)23(25,26)27)36-20-15(24)11-16(29-31-20)22(2)8-5-9-22/h4,6-7,10-11H,5,8-9H2,1-3H3,(H,28,33). The highest BCUT2D eigenvalue weighted by Crippen LogP contribution is 2.43. The number of aromatic nitrogens is 4. The number of benzene rings is 1. The highest BCUT2D eigenvalue weighted by atomic mass is 32.2. The van der Waals surface area contributed by atoms with Crippen LogP contribution < -0.4 is 10.1 Å². The van der Waals surface area contributed by atoms with Gasteiger partial charge in [0.15, 0.2) is 21.3 Å². The van der Waals surface area contributed by atoms with Gasteiger partial charge in [-0.15, -0.1) is 15.3 Å². The maximum absolute atomic E-state index is 14.8. The number of hydrogen-bond donors (Lipinski definition) is 1. The zero-order valence-electron chi connectivity index (χ0n) is 19.9. The number of alkyl halides is 3. The molecule has 0 bridgehead atoms. The Morgan fingerprint density at radius 1 is 1.08 bits per heavy atom. The van der Waals surface area contributed by atoms with Gasteiger partial charge in [-0.2, -0.15) is 18.3 Å². The smallest absolute Gasteiger partial charge is 0.414 e. The zero-order chi connectivity index (χ0) is 27.2. The monoisotopic (exact) mass is 539 g/mol. The fourth-order valence-electron chi connectivity index (χ4n) is 3.88. The molecule has 4 rings (SSSR count). The average molecular weight is 540 g/mol. The summed E-state index contributed by atoms with van der Waals surface area (Å²) < 4.78 is 84.3. The molecular weight excluding hydrogens is 518 g/mol. The number of ether oxygens (including phenoxy) is 1. The summed E-state index contributed by atoms with van der Waals surface area (Å²) in [5.74, 6) is -3.50. The third kappa shape index (κ3) is 5.38. The molecule has 14 heteroatoms. The molecule has 37 heavy (non-hydrogen) atoms. The molecule has 0 spiro atoms. The molecule has 2 aromatic heterocycles. The molecule has 0 saturated heterocycles. The summed E-state index contributed by atoms with van der Waals surface area (Å²) in [5, 5.41) is 16.5. The van der Waals surface area contributed by atoms with Crippen molar-refractivity contribution in [2.75, 3.05) is 11.6 Å². The third-order valence-corrected chi connectivity index (χ3v) is 7.30. The van der Waals surface area contributed by atoms with E-state index in [9.17, 15) is 30.8 Å². The van der Waals surface area contributed by atoms with Gasteiger partial charge in [0, 0.05) is 23.4 Å². The maximum Gasteiger partial charge on any atom is 0.435 e. The Bertz CT molecular complexity index is 1490. The van der Waals surface area contributed by atoms with E-state index in [0.717, 1.165) is 44.6 Å². The van der Waals surface area contributed by atoms with E-state index < -0.39 is 56.3 Å². The van der Waals surface area contributed by atoms with Crippen molar-refractivity contribution >= 4 is 21.4 Å². The van der Waals surface area contributed by atoms with Gasteiger partial charge in [-0.05, 0) is 43.5 Å². The summed E-state index contributed by atoms with van der Waals surface area (Å²) in [7, 11) is -3.63. The number of halogens is 4. The number of nitrogens with zero attached hydrogens (tertiary/aromatic N) is 4. The van der Waals surface area contributed by atoms with Crippen LogP contribution in [0.15, 0.2) is 35.2 Å². The topological polar surface area (TPSA) is 124 Å². The van der Waals surface area contributed by atoms with Gasteiger partial charge >= 0.3 is 6.18 Å². The van der Waals surface area contributed by atoms with E-state index in [1.54, 1.807) is 0 Å². The minimum absolute atomic E-state index is 0.0206. The van der Waals surface area contributed by atoms with E-state index >= 15 is 0 Å². The number of hydrogen-bond acceptors (Lipinski definition) is 8. The second-order valence-electron chi connectivity index (χ2n) is 9.00. The van der Waals surface area contributed by atoms with Crippen LogP contribution in [0.4, 0.5) is 23.2 Å². The molecule has 1 fully saturated rings. The molecule has 1 saturated carbocycles. The van der Waals surface area contributed by atoms with E-state index in [0.29, 0.717) is 5.69 Å². The van der Waals surface area contributed by atoms with Crippen molar-refractivity contribution in [3.05, 3.63) is 58.7 Å². The lowest BCUT2D eigenvalue weighted by molar-refractivity contribution is -0.142. The van der Waals surface area contributed by atoms with Gasteiger partial charge in [0.25, 0.3) is 17.7 Å². The third-order valence-electron chi connectivity index (χ3n) is 6.19. The fraction of sp³-hybridized carbons (Fsp3) is 0.348. The van der Waals surface area contributed by atoms with Crippen LogP contribution in [0.2, 0.25) is 0 Å². The van der Waals surface area contributed by atoms with Crippen LogP contribution in [-0.4, -0.2) is 41.0 Å². The normalized spacial score (nSPS) is 15.1. The fourth-order valence-corrected chi connectivity index (χ4v) is 4.55. The molecule has 1 aliphatic carbocycles. The second kappa shape index (κ2) is 9.32. The van der Waals surface area contributed by atoms with E-state index in [1.807, 2.05) is 6.92 Å². The number of sulfone groups is 1. The van der Waals surface area contributed by atoms with Crippen molar-refractivity contribution in [2.45, 2.75) is 49.6 Å². The summed E-state index contributed by atoms with van der Waals surface area (Å²) in [5.41, 5.74) is -2.73. The van der Waals surface area contributed by atoms with Crippen LogP contribution in [0.25, 0.3) is 0 Å². The van der Waals surface area contributed by atoms with Gasteiger partial charge in [-0.1, -0.05) is 19.4 Å². The lowest BCUT2D eigenvalue weighted by atomic mass is 9.68. The zero-order valence-corrected chi connectivity index (χ0v) is 20.7. The molecular formula is C23H21F4N5O4S. The number of anilines is 1. The van der Waals surface area contributed by atoms with Crippen molar-refractivity contribution in [2.24, 2.45) is 0 Å². The summed E-state index contributed by atoms with van der Waals surface area (Å²) in [6.07, 6.45) is -1.43. The summed E-state index contributed by atoms with van der Waals surface area (Å²) in [6, 6.07) is 6.23. The molecule has 2 heterocycles. The van der Waals surface area contributed by atoms with Crippen molar-refractivity contribution in [3.8, 4) is 11.8 Å². The molecule has 1 aromatic carbocycles. The molecule has 196 valence electrons. The SMILES string of the molecule is Cc1c(C(F)(F)F)nnc(Oc2nnc(C3(C)CCC3)cc2F)c1C(=O)Nc1cccc(S(C)(=O)=O)c1. The van der Waals surface area contributed by atoms with Crippen molar-refractivity contribution in [1.82, 2.24) is 20.4 Å². The number of amides is 1. The van der Waals surface area contributed by atoms with E-state index in [4.69, 9.17) is 4.74 Å². The van der Waals surface area contributed by atoms with Crippen LogP contribution >= 0.6 is 0 Å². The first-order valence-electron chi connectivity index (χ1n) is 11.0. The van der Waals surface area contributed by atoms with E-state index in [1.165, 1.54) is 18.2 Å². The Balaban J connectivity index is 1.73. The largest absolute Gasteiger partial charge is 0.435 e. The van der Waals surface area contributed by atoms with Gasteiger partial charge < -0.3 is 10.1 Å². The molecule has 3 aromatic rings. The van der Waals surface area contributed by atoms with Gasteiger partial charge in [-0.25, -0.2) is 12.8 Å². The molecule has 1 aliphatic rings. The Hall–Kier alpha value is -3.68. The maximum atomic E-state index is 14.8. The van der Waals surface area contributed by atoms with E-state index in [-0.39, 0.29) is 16.0 Å². The van der Waals surface area contributed by atoms with Crippen molar-refractivity contribution < 1.29 is 35.5 Å². The van der Waals surface area contributed by atoms with Gasteiger partial charge in [0.1, 0.15) is 5.56 Å². The summed E-state index contributed by atoms with van der Waals surface area (Å²) in [6.45, 7) is 2.89. The lowest BCUT2D eigenvalue weighted by Gasteiger charge is -2.37. The molecule has 9 nitrogen and oxygen atoms in total. The molecule has 1 N–H and O–H groups in total. The number of carbonyl (C=O) groups excluding carboxylic acids is 1. The average Bonchev–Trinajstić information content (AvgIpc) is 2.77. The Morgan fingerprint density at radius 3 is 2.32 bits per heavy atom.